The molecule has 0 saturated carbocycles. The number of hydrogen-bond donors (Lipinski definition) is 0. The highest BCUT2D eigenvalue weighted by atomic mass is 16.5. The van der Waals surface area contributed by atoms with Crippen LogP contribution < -0.4 is 0 Å². The Labute approximate surface area is 129 Å². The predicted octanol–water partition coefficient (Wildman–Crippen LogP) is 2.18. The molecule has 2 rings (SSSR count). The molecule has 0 aromatic heterocycles. The number of nitrogens with zero attached hydrogens (tertiary/aromatic N) is 2. The van der Waals surface area contributed by atoms with Crippen molar-refractivity contribution in [1.29, 1.82) is 0 Å². The number of carbonyl (C=O) groups excluding carboxylic acids is 1. The molecular weight excluding hydrogens is 264 g/mol. The van der Waals surface area contributed by atoms with E-state index < -0.39 is 5.60 Å². The average molecular weight is 296 g/mol. The fourth-order valence-electron chi connectivity index (χ4n) is 3.97. The first kappa shape index (κ1) is 16.9. The van der Waals surface area contributed by atoms with Gasteiger partial charge in [0.25, 0.3) is 0 Å². The Morgan fingerprint density at radius 3 is 2.43 bits per heavy atom. The quantitative estimate of drug-likeness (QED) is 0.799. The van der Waals surface area contributed by atoms with Gasteiger partial charge in [-0.1, -0.05) is 6.92 Å². The van der Waals surface area contributed by atoms with Crippen molar-refractivity contribution in [3.8, 4) is 0 Å². The summed E-state index contributed by atoms with van der Waals surface area (Å²) >= 11 is 0. The monoisotopic (exact) mass is 296 g/mol. The van der Waals surface area contributed by atoms with E-state index in [1.165, 1.54) is 6.42 Å². The largest absolute Gasteiger partial charge is 0.361 e. The molecule has 2 aliphatic heterocycles. The minimum Gasteiger partial charge on any atom is -0.361 e. The first-order chi connectivity index (χ1) is 9.67. The van der Waals surface area contributed by atoms with Gasteiger partial charge in [0.05, 0.1) is 11.5 Å². The maximum Gasteiger partial charge on any atom is 0.171 e. The molecule has 0 radical (unpaired) electrons. The minimum absolute atomic E-state index is 0.0232. The highest BCUT2D eigenvalue weighted by Gasteiger charge is 2.53. The highest BCUT2D eigenvalue weighted by Crippen LogP contribution is 2.39. The normalized spacial score (nSPS) is 34.1. The van der Waals surface area contributed by atoms with E-state index in [2.05, 4.69) is 37.6 Å². The summed E-state index contributed by atoms with van der Waals surface area (Å²) in [6, 6.07) is 0.546. The summed E-state index contributed by atoms with van der Waals surface area (Å²) in [5.41, 5.74) is -1.00. The van der Waals surface area contributed by atoms with Gasteiger partial charge in [-0.2, -0.15) is 0 Å². The van der Waals surface area contributed by atoms with E-state index in [0.717, 1.165) is 32.6 Å². The van der Waals surface area contributed by atoms with Crippen molar-refractivity contribution in [2.24, 2.45) is 5.92 Å². The van der Waals surface area contributed by atoms with Crippen molar-refractivity contribution in [3.05, 3.63) is 0 Å². The van der Waals surface area contributed by atoms with Crippen molar-refractivity contribution < 1.29 is 9.53 Å². The van der Waals surface area contributed by atoms with Crippen LogP contribution in [0, 0.1) is 5.92 Å². The van der Waals surface area contributed by atoms with Crippen LogP contribution in [0.25, 0.3) is 0 Å². The molecule has 0 aromatic carbocycles. The Hall–Kier alpha value is -0.450. The van der Waals surface area contributed by atoms with E-state index >= 15 is 0 Å². The summed E-state index contributed by atoms with van der Waals surface area (Å²) in [5, 5.41) is 0. The lowest BCUT2D eigenvalue weighted by Crippen LogP contribution is -2.47. The van der Waals surface area contributed by atoms with Gasteiger partial charge < -0.3 is 9.64 Å². The molecule has 2 aliphatic rings. The smallest absolute Gasteiger partial charge is 0.171 e. The van der Waals surface area contributed by atoms with Crippen LogP contribution in [0.2, 0.25) is 0 Å². The van der Waals surface area contributed by atoms with E-state index in [9.17, 15) is 4.79 Å². The van der Waals surface area contributed by atoms with Gasteiger partial charge in [-0.15, -0.1) is 0 Å². The van der Waals surface area contributed by atoms with Gasteiger partial charge in [0.2, 0.25) is 0 Å². The molecule has 2 atom stereocenters. The lowest BCUT2D eigenvalue weighted by molar-refractivity contribution is -0.132. The van der Waals surface area contributed by atoms with Gasteiger partial charge in [-0.25, -0.2) is 0 Å². The third-order valence-corrected chi connectivity index (χ3v) is 5.18. The maximum absolute atomic E-state index is 12.7. The number of rotatable bonds is 3. The number of ether oxygens (including phenoxy) is 1. The second-order valence-corrected chi connectivity index (χ2v) is 7.81. The average Bonchev–Trinajstić information content (AvgIpc) is 2.51. The van der Waals surface area contributed by atoms with Gasteiger partial charge >= 0.3 is 0 Å². The number of hydrogen-bond acceptors (Lipinski definition) is 4. The van der Waals surface area contributed by atoms with Crippen LogP contribution in [-0.4, -0.2) is 66.1 Å². The van der Waals surface area contributed by atoms with Gasteiger partial charge in [-0.05, 0) is 60.7 Å². The Morgan fingerprint density at radius 1 is 1.24 bits per heavy atom. The van der Waals surface area contributed by atoms with Crippen LogP contribution in [0.15, 0.2) is 0 Å². The van der Waals surface area contributed by atoms with E-state index in [1.807, 2.05) is 13.8 Å². The topological polar surface area (TPSA) is 32.8 Å². The summed E-state index contributed by atoms with van der Waals surface area (Å²) in [4.78, 5) is 17.6. The van der Waals surface area contributed by atoms with Gasteiger partial charge in [-0.3, -0.25) is 9.69 Å². The fraction of sp³-hybridized carbons (Fsp3) is 0.941. The molecule has 4 heteroatoms. The summed E-state index contributed by atoms with van der Waals surface area (Å²) in [5.74, 6) is 0.241. The van der Waals surface area contributed by atoms with Crippen LogP contribution in [0.4, 0.5) is 0 Å². The molecule has 0 amide bonds. The van der Waals surface area contributed by atoms with Crippen LogP contribution in [0.5, 0.6) is 0 Å². The Bertz CT molecular complexity index is 392. The van der Waals surface area contributed by atoms with Crippen molar-refractivity contribution in [1.82, 2.24) is 9.80 Å². The van der Waals surface area contributed by atoms with Crippen LogP contribution in [0.3, 0.4) is 0 Å². The van der Waals surface area contributed by atoms with Crippen molar-refractivity contribution in [3.63, 3.8) is 0 Å². The lowest BCUT2D eigenvalue weighted by atomic mass is 9.85. The molecule has 0 spiro atoms. The Balaban J connectivity index is 2.13. The highest BCUT2D eigenvalue weighted by molar-refractivity contribution is 5.91. The molecule has 2 saturated heterocycles. The van der Waals surface area contributed by atoms with E-state index in [4.69, 9.17) is 4.74 Å². The Morgan fingerprint density at radius 2 is 1.90 bits per heavy atom. The van der Waals surface area contributed by atoms with E-state index in [1.54, 1.807) is 0 Å². The maximum atomic E-state index is 12.7. The fourth-order valence-corrected chi connectivity index (χ4v) is 3.97. The van der Waals surface area contributed by atoms with Gasteiger partial charge in [0.15, 0.2) is 5.78 Å². The summed E-state index contributed by atoms with van der Waals surface area (Å²) in [7, 11) is 2.20. The van der Waals surface area contributed by atoms with Crippen molar-refractivity contribution >= 4 is 5.78 Å². The van der Waals surface area contributed by atoms with Crippen LogP contribution >= 0.6 is 0 Å². The molecular formula is C17H32N2O2. The number of ketones is 1. The second kappa shape index (κ2) is 5.98. The molecule has 0 aromatic rings. The third kappa shape index (κ3) is 3.49. The number of carbonyl (C=O) groups is 1. The van der Waals surface area contributed by atoms with Crippen molar-refractivity contribution in [2.75, 3.05) is 33.2 Å². The second-order valence-electron chi connectivity index (χ2n) is 7.81. The molecule has 4 nitrogen and oxygen atoms in total. The molecule has 0 bridgehead atoms. The molecule has 2 unspecified atom stereocenters. The van der Waals surface area contributed by atoms with E-state index in [-0.39, 0.29) is 17.3 Å². The SMILES string of the molecule is CCC1CN(C)CCCN1CC1C(=O)C(C)(C)OC1(C)C. The summed E-state index contributed by atoms with van der Waals surface area (Å²) in [6.07, 6.45) is 2.31. The summed E-state index contributed by atoms with van der Waals surface area (Å²) < 4.78 is 6.04. The molecule has 0 aliphatic carbocycles. The van der Waals surface area contributed by atoms with Gasteiger partial charge in [0, 0.05) is 19.1 Å². The first-order valence-electron chi connectivity index (χ1n) is 8.34. The zero-order valence-corrected chi connectivity index (χ0v) is 14.6. The third-order valence-electron chi connectivity index (χ3n) is 5.18. The summed E-state index contributed by atoms with van der Waals surface area (Å²) in [6.45, 7) is 14.4. The van der Waals surface area contributed by atoms with E-state index in [0.29, 0.717) is 6.04 Å². The van der Waals surface area contributed by atoms with Crippen LogP contribution in [0.1, 0.15) is 47.5 Å². The molecule has 2 fully saturated rings. The molecule has 21 heavy (non-hydrogen) atoms. The standard InChI is InChI=1S/C17H32N2O2/c1-7-13-11-18(6)9-8-10-19(13)12-14-15(20)17(4,5)21-16(14,2)3/h13-14H,7-12H2,1-6H3. The first-order valence-corrected chi connectivity index (χ1v) is 8.34. The number of likely N-dealkylation sites (N-methyl/N-ethyl adjacent to an activating group) is 1. The van der Waals surface area contributed by atoms with Crippen molar-refractivity contribution in [2.45, 2.75) is 64.7 Å². The molecule has 0 N–H and O–H groups in total. The molecule has 122 valence electrons. The minimum atomic E-state index is -0.640. The predicted molar refractivity (Wildman–Crippen MR) is 85.5 cm³/mol. The zero-order valence-electron chi connectivity index (χ0n) is 14.6. The lowest BCUT2D eigenvalue weighted by Gasteiger charge is -2.35. The van der Waals surface area contributed by atoms with Crippen LogP contribution in [-0.2, 0) is 9.53 Å². The Kier molecular flexibility index (Phi) is 4.81. The molecule has 2 heterocycles. The zero-order chi connectivity index (χ0) is 15.8. The number of Topliss-reactive ketones (excluding diaryl/α,β-unsaturated/α-hetero) is 1. The van der Waals surface area contributed by atoms with Gasteiger partial charge in [0.1, 0.15) is 5.60 Å².